The molecule has 4 heteroatoms. The summed E-state index contributed by atoms with van der Waals surface area (Å²) in [7, 11) is 2.04. The Morgan fingerprint density at radius 3 is 2.55 bits per heavy atom. The first-order chi connectivity index (χ1) is 9.65. The third-order valence-corrected chi connectivity index (χ3v) is 3.74. The van der Waals surface area contributed by atoms with E-state index in [1.54, 1.807) is 6.20 Å². The lowest BCUT2D eigenvalue weighted by Gasteiger charge is -2.20. The molecule has 0 unspecified atom stereocenters. The van der Waals surface area contributed by atoms with Crippen molar-refractivity contribution in [3.63, 3.8) is 0 Å². The second kappa shape index (κ2) is 5.21. The van der Waals surface area contributed by atoms with Crippen LogP contribution in [0, 0.1) is 6.92 Å². The molecule has 1 aromatic carbocycles. The first kappa shape index (κ1) is 13.1. The Balaban J connectivity index is 2.11. The van der Waals surface area contributed by atoms with Crippen molar-refractivity contribution < 1.29 is 0 Å². The number of pyridine rings is 2. The van der Waals surface area contributed by atoms with E-state index in [9.17, 15) is 0 Å². The molecule has 0 aliphatic rings. The van der Waals surface area contributed by atoms with Gasteiger partial charge in [-0.3, -0.25) is 9.97 Å². The molecule has 0 amide bonds. The molecule has 0 bridgehead atoms. The monoisotopic (exact) mass is 327 g/mol. The molecule has 0 saturated heterocycles. The fourth-order valence-electron chi connectivity index (χ4n) is 2.17. The Labute approximate surface area is 126 Å². The molecule has 0 aliphatic carbocycles. The van der Waals surface area contributed by atoms with Crippen LogP contribution in [0.3, 0.4) is 0 Å². The van der Waals surface area contributed by atoms with Gasteiger partial charge in [0.25, 0.3) is 0 Å². The van der Waals surface area contributed by atoms with Gasteiger partial charge in [-0.25, -0.2) is 0 Å². The Morgan fingerprint density at radius 1 is 1.05 bits per heavy atom. The van der Waals surface area contributed by atoms with E-state index in [0.717, 1.165) is 26.9 Å². The van der Waals surface area contributed by atoms with E-state index in [4.69, 9.17) is 0 Å². The summed E-state index contributed by atoms with van der Waals surface area (Å²) in [6.07, 6.45) is 3.62. The molecule has 2 heterocycles. The highest BCUT2D eigenvalue weighted by molar-refractivity contribution is 9.10. The van der Waals surface area contributed by atoms with Gasteiger partial charge in [0, 0.05) is 29.6 Å². The maximum Gasteiger partial charge on any atom is 0.112 e. The van der Waals surface area contributed by atoms with Crippen molar-refractivity contribution in [2.45, 2.75) is 6.92 Å². The lowest BCUT2D eigenvalue weighted by molar-refractivity contribution is 1.19. The summed E-state index contributed by atoms with van der Waals surface area (Å²) < 4.78 is 0.938. The Bertz CT molecular complexity index is 753. The lowest BCUT2D eigenvalue weighted by atomic mass is 10.2. The fourth-order valence-corrected chi connectivity index (χ4v) is 2.49. The van der Waals surface area contributed by atoms with Crippen molar-refractivity contribution in [2.24, 2.45) is 0 Å². The van der Waals surface area contributed by atoms with E-state index < -0.39 is 0 Å². The van der Waals surface area contributed by atoms with Crippen LogP contribution < -0.4 is 4.90 Å². The zero-order valence-electron chi connectivity index (χ0n) is 11.3. The summed E-state index contributed by atoms with van der Waals surface area (Å²) >= 11 is 3.43. The summed E-state index contributed by atoms with van der Waals surface area (Å²) in [6.45, 7) is 2.09. The number of halogens is 1. The molecule has 3 rings (SSSR count). The number of rotatable bonds is 2. The zero-order valence-corrected chi connectivity index (χ0v) is 12.9. The molecular formula is C16H14BrN3. The van der Waals surface area contributed by atoms with Crippen molar-refractivity contribution in [3.8, 4) is 0 Å². The molecule has 0 aliphatic heterocycles. The quantitative estimate of drug-likeness (QED) is 0.695. The summed E-state index contributed by atoms with van der Waals surface area (Å²) in [5.41, 5.74) is 5.22. The number of fused-ring (bicyclic) bond motifs is 1. The van der Waals surface area contributed by atoms with Gasteiger partial charge in [0.05, 0.1) is 11.2 Å². The molecule has 3 aromatic rings. The van der Waals surface area contributed by atoms with Crippen LogP contribution in [-0.4, -0.2) is 17.0 Å². The third kappa shape index (κ3) is 2.39. The van der Waals surface area contributed by atoms with Crippen LogP contribution in [0.5, 0.6) is 0 Å². The van der Waals surface area contributed by atoms with Gasteiger partial charge in [0.1, 0.15) is 5.52 Å². The largest absolute Gasteiger partial charge is 0.343 e. The minimum Gasteiger partial charge on any atom is -0.343 e. The average Bonchev–Trinajstić information content (AvgIpc) is 2.46. The van der Waals surface area contributed by atoms with E-state index >= 15 is 0 Å². The highest BCUT2D eigenvalue weighted by atomic mass is 79.9. The summed E-state index contributed by atoms with van der Waals surface area (Å²) in [5.74, 6) is 0. The van der Waals surface area contributed by atoms with Gasteiger partial charge in [0.15, 0.2) is 0 Å². The van der Waals surface area contributed by atoms with Gasteiger partial charge in [-0.2, -0.15) is 0 Å². The van der Waals surface area contributed by atoms with Crippen molar-refractivity contribution >= 4 is 38.3 Å². The highest BCUT2D eigenvalue weighted by Gasteiger charge is 2.10. The number of hydrogen-bond acceptors (Lipinski definition) is 3. The third-order valence-electron chi connectivity index (χ3n) is 3.31. The summed E-state index contributed by atoms with van der Waals surface area (Å²) in [5, 5.41) is 0. The molecular weight excluding hydrogens is 314 g/mol. The average molecular weight is 328 g/mol. The summed E-state index contributed by atoms with van der Waals surface area (Å²) in [6, 6.07) is 12.4. The first-order valence-electron chi connectivity index (χ1n) is 6.36. The van der Waals surface area contributed by atoms with Crippen LogP contribution in [0.25, 0.3) is 11.0 Å². The van der Waals surface area contributed by atoms with Crippen molar-refractivity contribution in [1.29, 1.82) is 0 Å². The number of hydrogen-bond donors (Lipinski definition) is 0. The zero-order chi connectivity index (χ0) is 14.1. The summed E-state index contributed by atoms with van der Waals surface area (Å²) in [4.78, 5) is 11.0. The number of anilines is 2. The predicted molar refractivity (Wildman–Crippen MR) is 86.5 cm³/mol. The van der Waals surface area contributed by atoms with Crippen LogP contribution in [0.2, 0.25) is 0 Å². The fraction of sp³-hybridized carbons (Fsp3) is 0.125. The SMILES string of the molecule is Cc1ccc(N(C)c2ccnc3cc(Br)cnc23)cc1. The van der Waals surface area contributed by atoms with Gasteiger partial charge in [-0.05, 0) is 47.1 Å². The molecule has 0 spiro atoms. The minimum absolute atomic E-state index is 0.885. The molecule has 0 atom stereocenters. The van der Waals surface area contributed by atoms with E-state index in [2.05, 4.69) is 62.0 Å². The Hall–Kier alpha value is -1.94. The highest BCUT2D eigenvalue weighted by Crippen LogP contribution is 2.29. The van der Waals surface area contributed by atoms with Crippen LogP contribution in [0.1, 0.15) is 5.56 Å². The van der Waals surface area contributed by atoms with E-state index in [-0.39, 0.29) is 0 Å². The number of nitrogens with zero attached hydrogens (tertiary/aromatic N) is 3. The molecule has 0 radical (unpaired) electrons. The van der Waals surface area contributed by atoms with E-state index in [0.29, 0.717) is 0 Å². The molecule has 3 nitrogen and oxygen atoms in total. The van der Waals surface area contributed by atoms with E-state index in [1.165, 1.54) is 5.56 Å². The number of aromatic nitrogens is 2. The molecule has 0 saturated carbocycles. The van der Waals surface area contributed by atoms with Gasteiger partial charge in [-0.1, -0.05) is 17.7 Å². The van der Waals surface area contributed by atoms with Gasteiger partial charge < -0.3 is 4.90 Å². The van der Waals surface area contributed by atoms with Crippen LogP contribution in [0.4, 0.5) is 11.4 Å². The lowest BCUT2D eigenvalue weighted by Crippen LogP contribution is -2.10. The molecule has 0 fully saturated rings. The van der Waals surface area contributed by atoms with Crippen molar-refractivity contribution in [3.05, 3.63) is 58.8 Å². The number of aryl methyl sites for hydroxylation is 1. The van der Waals surface area contributed by atoms with Gasteiger partial charge in [-0.15, -0.1) is 0 Å². The first-order valence-corrected chi connectivity index (χ1v) is 7.15. The van der Waals surface area contributed by atoms with Crippen molar-refractivity contribution in [1.82, 2.24) is 9.97 Å². The van der Waals surface area contributed by atoms with Crippen LogP contribution in [0.15, 0.2) is 53.3 Å². The van der Waals surface area contributed by atoms with Crippen LogP contribution >= 0.6 is 15.9 Å². The predicted octanol–water partition coefficient (Wildman–Crippen LogP) is 4.47. The molecule has 20 heavy (non-hydrogen) atoms. The van der Waals surface area contributed by atoms with Gasteiger partial charge in [0.2, 0.25) is 0 Å². The molecule has 2 aromatic heterocycles. The topological polar surface area (TPSA) is 29.0 Å². The maximum atomic E-state index is 4.49. The molecule has 0 N–H and O–H groups in total. The standard InChI is InChI=1S/C16H14BrN3/c1-11-3-5-13(6-4-11)20(2)15-7-8-18-14-9-12(17)10-19-16(14)15/h3-10H,1-2H3. The van der Waals surface area contributed by atoms with Crippen LogP contribution in [-0.2, 0) is 0 Å². The maximum absolute atomic E-state index is 4.49. The second-order valence-electron chi connectivity index (χ2n) is 4.75. The van der Waals surface area contributed by atoms with E-state index in [1.807, 2.05) is 25.4 Å². The number of benzene rings is 1. The molecule has 100 valence electrons. The minimum atomic E-state index is 0.885. The normalized spacial score (nSPS) is 10.8. The smallest absolute Gasteiger partial charge is 0.112 e. The Morgan fingerprint density at radius 2 is 1.80 bits per heavy atom. The Kier molecular flexibility index (Phi) is 3.40. The van der Waals surface area contributed by atoms with Gasteiger partial charge >= 0.3 is 0 Å². The van der Waals surface area contributed by atoms with Crippen molar-refractivity contribution in [2.75, 3.05) is 11.9 Å². The second-order valence-corrected chi connectivity index (χ2v) is 5.66.